The first-order chi connectivity index (χ1) is 14.0. The maximum absolute atomic E-state index is 13.1. The Labute approximate surface area is 175 Å². The third-order valence-corrected chi connectivity index (χ3v) is 8.16. The summed E-state index contributed by atoms with van der Waals surface area (Å²) < 4.78 is 27.7. The number of carbonyl (C=O) groups excluding carboxylic acids is 1. The number of sulfonamides is 1. The van der Waals surface area contributed by atoms with Crippen LogP contribution >= 0.6 is 11.3 Å². The Kier molecular flexibility index (Phi) is 5.80. The molecule has 0 fully saturated rings. The minimum Gasteiger partial charge on any atom is -0.325 e. The van der Waals surface area contributed by atoms with Gasteiger partial charge in [-0.25, -0.2) is 8.42 Å². The summed E-state index contributed by atoms with van der Waals surface area (Å²) in [6.07, 6.45) is 3.23. The normalized spacial score (nSPS) is 13.4. The molecule has 1 heterocycles. The van der Waals surface area contributed by atoms with Gasteiger partial charge in [-0.05, 0) is 59.5 Å². The van der Waals surface area contributed by atoms with Crippen molar-refractivity contribution < 1.29 is 13.2 Å². The maximum atomic E-state index is 13.1. The van der Waals surface area contributed by atoms with Gasteiger partial charge in [-0.2, -0.15) is 4.31 Å². The van der Waals surface area contributed by atoms with Crippen molar-refractivity contribution in [2.24, 2.45) is 0 Å². The lowest BCUT2D eigenvalue weighted by Crippen LogP contribution is -2.37. The molecule has 1 aliphatic rings. The summed E-state index contributed by atoms with van der Waals surface area (Å²) in [4.78, 5) is 12.7. The first-order valence-electron chi connectivity index (χ1n) is 9.51. The van der Waals surface area contributed by atoms with Crippen LogP contribution in [-0.4, -0.2) is 25.2 Å². The van der Waals surface area contributed by atoms with Crippen LogP contribution in [0.4, 0.5) is 5.69 Å². The quantitative estimate of drug-likeness (QED) is 0.619. The van der Waals surface area contributed by atoms with Crippen molar-refractivity contribution in [1.29, 1.82) is 0 Å². The van der Waals surface area contributed by atoms with E-state index in [2.05, 4.69) is 5.32 Å². The number of thiophene rings is 1. The van der Waals surface area contributed by atoms with Crippen molar-refractivity contribution in [3.8, 4) is 0 Å². The van der Waals surface area contributed by atoms with Crippen molar-refractivity contribution in [1.82, 2.24) is 4.31 Å². The van der Waals surface area contributed by atoms with Gasteiger partial charge in [0.2, 0.25) is 5.91 Å². The average molecular weight is 427 g/mol. The van der Waals surface area contributed by atoms with Crippen LogP contribution in [0.15, 0.2) is 70.3 Å². The Balaban J connectivity index is 1.53. The molecule has 0 radical (unpaired) electrons. The van der Waals surface area contributed by atoms with Crippen LogP contribution < -0.4 is 5.32 Å². The van der Waals surface area contributed by atoms with E-state index in [-0.39, 0.29) is 23.2 Å². The van der Waals surface area contributed by atoms with Gasteiger partial charge < -0.3 is 5.32 Å². The summed E-state index contributed by atoms with van der Waals surface area (Å²) in [5, 5.41) is 4.58. The maximum Gasteiger partial charge on any atom is 0.253 e. The second-order valence-corrected chi connectivity index (χ2v) is 10.2. The van der Waals surface area contributed by atoms with Crippen molar-refractivity contribution in [3.05, 3.63) is 82.7 Å². The second-order valence-electron chi connectivity index (χ2n) is 7.08. The van der Waals surface area contributed by atoms with E-state index in [9.17, 15) is 13.2 Å². The molecule has 1 amide bonds. The molecule has 2 aromatic carbocycles. The SMILES string of the molecule is O=C(CN(Cc1ccccc1)S(=O)(=O)c1cccs1)Nc1ccc2c(c1)CCC2. The zero-order valence-corrected chi connectivity index (χ0v) is 17.5. The number of nitrogens with one attached hydrogen (secondary N) is 1. The van der Waals surface area contributed by atoms with Gasteiger partial charge in [0.1, 0.15) is 4.21 Å². The minimum atomic E-state index is -3.76. The van der Waals surface area contributed by atoms with Gasteiger partial charge in [0.15, 0.2) is 0 Å². The number of fused-ring (bicyclic) bond motifs is 1. The van der Waals surface area contributed by atoms with Crippen LogP contribution in [-0.2, 0) is 34.2 Å². The first kappa shape index (κ1) is 19.8. The Bertz CT molecular complexity index is 1090. The molecule has 0 bridgehead atoms. The molecule has 29 heavy (non-hydrogen) atoms. The molecule has 0 unspecified atom stereocenters. The standard InChI is InChI=1S/C22H22N2O3S2/c25-21(23-20-12-11-18-8-4-9-19(18)14-20)16-24(15-17-6-2-1-3-7-17)29(26,27)22-10-5-13-28-22/h1-3,5-7,10-14H,4,8-9,15-16H2,(H,23,25). The summed E-state index contributed by atoms with van der Waals surface area (Å²) in [6, 6.07) is 18.5. The average Bonchev–Trinajstić information content (AvgIpc) is 3.40. The Morgan fingerprint density at radius 3 is 2.55 bits per heavy atom. The number of nitrogens with zero attached hydrogens (tertiary/aromatic N) is 1. The lowest BCUT2D eigenvalue weighted by Gasteiger charge is -2.21. The molecule has 1 aliphatic carbocycles. The highest BCUT2D eigenvalue weighted by Gasteiger charge is 2.28. The first-order valence-corrected chi connectivity index (χ1v) is 11.8. The summed E-state index contributed by atoms with van der Waals surface area (Å²) >= 11 is 1.15. The molecule has 0 aliphatic heterocycles. The molecule has 0 spiro atoms. The number of rotatable bonds is 7. The number of hydrogen-bond donors (Lipinski definition) is 1. The van der Waals surface area contributed by atoms with Crippen molar-refractivity contribution in [3.63, 3.8) is 0 Å². The molecule has 5 nitrogen and oxygen atoms in total. The zero-order chi connectivity index (χ0) is 20.3. The Hall–Kier alpha value is -2.48. The molecule has 4 rings (SSSR count). The third-order valence-electron chi connectivity index (χ3n) is 4.99. The molecule has 1 aromatic heterocycles. The van der Waals surface area contributed by atoms with Crippen LogP contribution in [0.25, 0.3) is 0 Å². The second kappa shape index (κ2) is 8.49. The van der Waals surface area contributed by atoms with E-state index in [1.54, 1.807) is 17.5 Å². The van der Waals surface area contributed by atoms with E-state index in [0.29, 0.717) is 5.69 Å². The predicted octanol–water partition coefficient (Wildman–Crippen LogP) is 4.07. The summed E-state index contributed by atoms with van der Waals surface area (Å²) in [6.45, 7) is -0.106. The number of amides is 1. The summed E-state index contributed by atoms with van der Waals surface area (Å²) in [5.74, 6) is -0.348. The smallest absolute Gasteiger partial charge is 0.253 e. The lowest BCUT2D eigenvalue weighted by atomic mass is 10.1. The van der Waals surface area contributed by atoms with Gasteiger partial charge in [-0.1, -0.05) is 42.5 Å². The van der Waals surface area contributed by atoms with Crippen molar-refractivity contribution in [2.45, 2.75) is 30.0 Å². The minimum absolute atomic E-state index is 0.138. The van der Waals surface area contributed by atoms with Crippen molar-refractivity contribution >= 4 is 33.0 Å². The van der Waals surface area contributed by atoms with Gasteiger partial charge in [0.05, 0.1) is 6.54 Å². The fraction of sp³-hybridized carbons (Fsp3) is 0.227. The predicted molar refractivity (Wildman–Crippen MR) is 115 cm³/mol. The molecule has 0 saturated carbocycles. The highest BCUT2D eigenvalue weighted by Crippen LogP contribution is 2.26. The topological polar surface area (TPSA) is 66.5 Å². The summed E-state index contributed by atoms with van der Waals surface area (Å²) in [7, 11) is -3.76. The molecule has 150 valence electrons. The van der Waals surface area contributed by atoms with Gasteiger partial charge >= 0.3 is 0 Å². The van der Waals surface area contributed by atoms with Crippen LogP contribution in [0, 0.1) is 0 Å². The molecule has 7 heteroatoms. The van der Waals surface area contributed by atoms with E-state index >= 15 is 0 Å². The van der Waals surface area contributed by atoms with E-state index < -0.39 is 10.0 Å². The number of anilines is 1. The fourth-order valence-corrected chi connectivity index (χ4v) is 6.09. The van der Waals surface area contributed by atoms with E-state index in [4.69, 9.17) is 0 Å². The molecular weight excluding hydrogens is 404 g/mol. The fourth-order valence-electron chi connectivity index (χ4n) is 3.56. The number of hydrogen-bond acceptors (Lipinski definition) is 4. The van der Waals surface area contributed by atoms with Gasteiger partial charge in [0.25, 0.3) is 10.0 Å². The molecule has 0 atom stereocenters. The number of benzene rings is 2. The monoisotopic (exact) mass is 426 g/mol. The highest BCUT2D eigenvalue weighted by atomic mass is 32.2. The van der Waals surface area contributed by atoms with Gasteiger partial charge in [0, 0.05) is 12.2 Å². The van der Waals surface area contributed by atoms with E-state index in [0.717, 1.165) is 36.2 Å². The Morgan fingerprint density at radius 1 is 1.00 bits per heavy atom. The Morgan fingerprint density at radius 2 is 1.79 bits per heavy atom. The van der Waals surface area contributed by atoms with Gasteiger partial charge in [-0.3, -0.25) is 4.79 Å². The molecule has 1 N–H and O–H groups in total. The van der Waals surface area contributed by atoms with Crippen LogP contribution in [0.1, 0.15) is 23.1 Å². The number of aryl methyl sites for hydroxylation is 2. The largest absolute Gasteiger partial charge is 0.325 e. The molecular formula is C22H22N2O3S2. The van der Waals surface area contributed by atoms with E-state index in [1.165, 1.54) is 15.4 Å². The highest BCUT2D eigenvalue weighted by molar-refractivity contribution is 7.91. The van der Waals surface area contributed by atoms with Gasteiger partial charge in [-0.15, -0.1) is 11.3 Å². The summed E-state index contributed by atoms with van der Waals surface area (Å²) in [5.41, 5.74) is 4.13. The van der Waals surface area contributed by atoms with Crippen molar-refractivity contribution in [2.75, 3.05) is 11.9 Å². The molecule has 3 aromatic rings. The van der Waals surface area contributed by atoms with Crippen LogP contribution in [0.2, 0.25) is 0 Å². The molecule has 0 saturated heterocycles. The van der Waals surface area contributed by atoms with E-state index in [1.807, 2.05) is 48.5 Å². The number of carbonyl (C=O) groups is 1. The third kappa shape index (κ3) is 4.58. The van der Waals surface area contributed by atoms with Crippen LogP contribution in [0.3, 0.4) is 0 Å². The van der Waals surface area contributed by atoms with Crippen LogP contribution in [0.5, 0.6) is 0 Å². The zero-order valence-electron chi connectivity index (χ0n) is 15.9. The lowest BCUT2D eigenvalue weighted by molar-refractivity contribution is -0.116.